The van der Waals surface area contributed by atoms with E-state index in [0.29, 0.717) is 6.04 Å². The first-order chi connectivity index (χ1) is 14.7. The summed E-state index contributed by atoms with van der Waals surface area (Å²) >= 11 is 0. The van der Waals surface area contributed by atoms with Crippen LogP contribution in [0.1, 0.15) is 18.5 Å². The molecule has 0 unspecified atom stereocenters. The predicted molar refractivity (Wildman–Crippen MR) is 119 cm³/mol. The Labute approximate surface area is 197 Å². The maximum atomic E-state index is 7.50. The number of rotatable bonds is 5. The van der Waals surface area contributed by atoms with Crippen LogP contribution in [0.4, 0.5) is 0 Å². The molecular weight excluding hydrogens is 445 g/mol. The average Bonchev–Trinajstić information content (AvgIpc) is 2.84. The van der Waals surface area contributed by atoms with E-state index in [-0.39, 0.29) is 17.4 Å². The van der Waals surface area contributed by atoms with Crippen molar-refractivity contribution in [3.05, 3.63) is 110 Å². The van der Waals surface area contributed by atoms with Gasteiger partial charge in [-0.2, -0.15) is 0 Å². The minimum atomic E-state index is -0.551. The summed E-state index contributed by atoms with van der Waals surface area (Å²) in [6, 6.07) is 31.1. The first kappa shape index (κ1) is 31.0. The van der Waals surface area contributed by atoms with Gasteiger partial charge in [-0.1, -0.05) is 84.9 Å². The molecule has 0 aliphatic rings. The molecular formula is C25H24CrNO3P. The van der Waals surface area contributed by atoms with Crippen LogP contribution in [-0.2, 0) is 31.3 Å². The van der Waals surface area contributed by atoms with E-state index in [1.54, 1.807) is 0 Å². The Morgan fingerprint density at radius 2 is 1.00 bits per heavy atom. The molecule has 31 heavy (non-hydrogen) atoms. The Morgan fingerprint density at radius 1 is 0.645 bits per heavy atom. The molecule has 0 aromatic heterocycles. The van der Waals surface area contributed by atoms with Gasteiger partial charge in [0, 0.05) is 23.4 Å². The van der Waals surface area contributed by atoms with Crippen LogP contribution in [0.15, 0.2) is 84.9 Å². The van der Waals surface area contributed by atoms with Gasteiger partial charge in [-0.25, -0.2) is 0 Å². The van der Waals surface area contributed by atoms with Crippen molar-refractivity contribution in [3.8, 4) is 0 Å². The number of nitrogens with zero attached hydrogens (tertiary/aromatic N) is 1. The van der Waals surface area contributed by atoms with Gasteiger partial charge in [0.2, 0.25) is 0 Å². The quantitative estimate of drug-likeness (QED) is 0.317. The SMILES string of the molecule is C[C@H](c1ccccc1P(c1ccccc1)c1ccccc1)N(C)C.[C-]#[O+].[C-]#[O+].[C-]#[O+].[Cr]. The first-order valence-corrected chi connectivity index (χ1v) is 10.3. The molecule has 0 spiro atoms. The van der Waals surface area contributed by atoms with Crippen molar-refractivity contribution >= 4 is 23.8 Å². The van der Waals surface area contributed by atoms with Gasteiger partial charge in [0.1, 0.15) is 0 Å². The van der Waals surface area contributed by atoms with Crippen LogP contribution >= 0.6 is 7.92 Å². The van der Waals surface area contributed by atoms with E-state index in [1.165, 1.54) is 21.5 Å². The molecule has 3 aromatic rings. The summed E-state index contributed by atoms with van der Waals surface area (Å²) < 4.78 is 22.5. The van der Waals surface area contributed by atoms with Crippen molar-refractivity contribution in [2.75, 3.05) is 14.1 Å². The van der Waals surface area contributed by atoms with Crippen LogP contribution in [0.25, 0.3) is 0 Å². The Hall–Kier alpha value is -2.20. The van der Waals surface area contributed by atoms with E-state index >= 15 is 0 Å². The van der Waals surface area contributed by atoms with Crippen molar-refractivity contribution < 1.29 is 31.3 Å². The fraction of sp³-hybridized carbons (Fsp3) is 0.160. The second-order valence-corrected chi connectivity index (χ2v) is 8.39. The van der Waals surface area contributed by atoms with Crippen LogP contribution in [0.3, 0.4) is 0 Å². The molecule has 6 heteroatoms. The smallest absolute Gasteiger partial charge is 0 e. The molecule has 0 saturated carbocycles. The van der Waals surface area contributed by atoms with E-state index in [0.717, 1.165) is 0 Å². The van der Waals surface area contributed by atoms with Crippen LogP contribution < -0.4 is 15.9 Å². The van der Waals surface area contributed by atoms with Crippen molar-refractivity contribution in [1.29, 1.82) is 0 Å². The summed E-state index contributed by atoms with van der Waals surface area (Å²) in [5.74, 6) is 0. The summed E-state index contributed by atoms with van der Waals surface area (Å²) in [6.45, 7) is 15.8. The van der Waals surface area contributed by atoms with Crippen LogP contribution in [-0.4, -0.2) is 19.0 Å². The minimum absolute atomic E-state index is 0. The van der Waals surface area contributed by atoms with Gasteiger partial charge < -0.3 is 4.90 Å². The average molecular weight is 469 g/mol. The van der Waals surface area contributed by atoms with Gasteiger partial charge in [0.05, 0.1) is 0 Å². The number of hydrogen-bond acceptors (Lipinski definition) is 1. The van der Waals surface area contributed by atoms with Crippen molar-refractivity contribution in [3.63, 3.8) is 0 Å². The van der Waals surface area contributed by atoms with Gasteiger partial charge in [0.25, 0.3) is 0 Å². The van der Waals surface area contributed by atoms with Gasteiger partial charge in [-0.15, -0.1) is 0 Å². The third-order valence-corrected chi connectivity index (χ3v) is 6.95. The van der Waals surface area contributed by atoms with Gasteiger partial charge in [0.15, 0.2) is 0 Å². The topological polar surface area (TPSA) is 62.9 Å². The molecule has 0 N–H and O–H groups in total. The van der Waals surface area contributed by atoms with Crippen molar-refractivity contribution in [2.24, 2.45) is 0 Å². The third-order valence-electron chi connectivity index (χ3n) is 4.43. The Bertz CT molecular complexity index is 858. The maximum absolute atomic E-state index is 7.50. The van der Waals surface area contributed by atoms with E-state index in [2.05, 4.69) is 131 Å². The number of hydrogen-bond donors (Lipinski definition) is 0. The summed E-state index contributed by atoms with van der Waals surface area (Å²) in [7, 11) is 3.74. The zero-order valence-electron chi connectivity index (χ0n) is 17.7. The Balaban J connectivity index is 0. The third kappa shape index (κ3) is 9.22. The molecule has 4 nitrogen and oxygen atoms in total. The summed E-state index contributed by atoms with van der Waals surface area (Å²) in [5, 5.41) is 4.25. The molecule has 0 bridgehead atoms. The second-order valence-electron chi connectivity index (χ2n) is 6.20. The van der Waals surface area contributed by atoms with Crippen molar-refractivity contribution in [2.45, 2.75) is 13.0 Å². The summed E-state index contributed by atoms with van der Waals surface area (Å²) in [4.78, 5) is 2.28. The molecule has 0 aliphatic heterocycles. The van der Waals surface area contributed by atoms with E-state index in [9.17, 15) is 0 Å². The fourth-order valence-corrected chi connectivity index (χ4v) is 5.45. The van der Waals surface area contributed by atoms with Crippen LogP contribution in [0.5, 0.6) is 0 Å². The number of benzene rings is 3. The van der Waals surface area contributed by atoms with Crippen molar-refractivity contribution in [1.82, 2.24) is 4.90 Å². The van der Waals surface area contributed by atoms with Gasteiger partial charge in [-0.05, 0) is 50.4 Å². The fourth-order valence-electron chi connectivity index (χ4n) is 2.90. The molecule has 0 fully saturated rings. The minimum Gasteiger partial charge on any atom is 0 e. The van der Waals surface area contributed by atoms with E-state index in [1.807, 2.05) is 0 Å². The molecule has 0 radical (unpaired) electrons. The predicted octanol–water partition coefficient (Wildman–Crippen LogP) is 3.95. The monoisotopic (exact) mass is 469 g/mol. The molecule has 1 atom stereocenters. The standard InChI is InChI=1S/C22H24NP.3CO.Cr/c1-18(23(2)3)21-16-10-11-17-22(21)24(19-12-6-4-7-13-19)20-14-8-5-9-15-20;3*1-2;/h4-18H,1-3H3;;;;/t18-;;;;/m1..../s1. The zero-order valence-corrected chi connectivity index (χ0v) is 19.9. The summed E-state index contributed by atoms with van der Waals surface area (Å²) in [6.07, 6.45) is 0. The molecule has 0 heterocycles. The van der Waals surface area contributed by atoms with E-state index < -0.39 is 7.92 Å². The second kappa shape index (κ2) is 18.6. The van der Waals surface area contributed by atoms with Crippen LogP contribution in [0.2, 0.25) is 0 Å². The Morgan fingerprint density at radius 3 is 1.39 bits per heavy atom. The molecule has 158 valence electrons. The first-order valence-electron chi connectivity index (χ1n) is 8.95. The summed E-state index contributed by atoms with van der Waals surface area (Å²) in [5.41, 5.74) is 1.42. The molecule has 0 amide bonds. The normalized spacial score (nSPS) is 9.90. The van der Waals surface area contributed by atoms with Gasteiger partial charge >= 0.3 is 33.9 Å². The Kier molecular flexibility index (Phi) is 18.6. The van der Waals surface area contributed by atoms with Gasteiger partial charge in [-0.3, -0.25) is 0 Å². The van der Waals surface area contributed by atoms with Crippen LogP contribution in [0, 0.1) is 20.0 Å². The molecule has 0 saturated heterocycles. The molecule has 3 aromatic carbocycles. The van der Waals surface area contributed by atoms with E-state index in [4.69, 9.17) is 14.0 Å². The zero-order chi connectivity index (χ0) is 22.9. The maximum Gasteiger partial charge on any atom is 0 e. The molecule has 0 aliphatic carbocycles. The largest absolute Gasteiger partial charge is 0 e. The molecule has 3 rings (SSSR count).